The molecular formula is C10H6F2OS. The fraction of sp³-hybridized carbons (Fsp3) is 0. The van der Waals surface area contributed by atoms with Crippen LogP contribution < -0.4 is 0 Å². The number of phenols is 1. The van der Waals surface area contributed by atoms with Crippen molar-refractivity contribution >= 4 is 11.3 Å². The zero-order chi connectivity index (χ0) is 10.1. The molecule has 0 saturated heterocycles. The van der Waals surface area contributed by atoms with Crippen molar-refractivity contribution in [1.29, 1.82) is 0 Å². The van der Waals surface area contributed by atoms with Crippen molar-refractivity contribution in [2.75, 3.05) is 0 Å². The Morgan fingerprint density at radius 2 is 1.86 bits per heavy atom. The number of aromatic hydroxyl groups is 1. The summed E-state index contributed by atoms with van der Waals surface area (Å²) in [6.45, 7) is 0. The third-order valence-corrected chi connectivity index (χ3v) is 2.55. The largest absolute Gasteiger partial charge is 0.507 e. The second kappa shape index (κ2) is 3.38. The Kier molecular flexibility index (Phi) is 2.21. The van der Waals surface area contributed by atoms with Crippen LogP contribution in [0.15, 0.2) is 29.0 Å². The molecule has 2 aromatic rings. The first kappa shape index (κ1) is 9.15. The monoisotopic (exact) mass is 212 g/mol. The summed E-state index contributed by atoms with van der Waals surface area (Å²) in [7, 11) is 0. The van der Waals surface area contributed by atoms with Gasteiger partial charge in [0, 0.05) is 11.6 Å². The highest BCUT2D eigenvalue weighted by Gasteiger charge is 2.10. The molecular weight excluding hydrogens is 206 g/mol. The number of benzene rings is 1. The smallest absolute Gasteiger partial charge is 0.162 e. The van der Waals surface area contributed by atoms with Crippen molar-refractivity contribution in [3.05, 3.63) is 40.6 Å². The third kappa shape index (κ3) is 1.48. The van der Waals surface area contributed by atoms with Gasteiger partial charge in [0.1, 0.15) is 5.75 Å². The van der Waals surface area contributed by atoms with Crippen LogP contribution in [0, 0.1) is 11.6 Å². The van der Waals surface area contributed by atoms with Gasteiger partial charge in [-0.3, -0.25) is 0 Å². The second-order valence-electron chi connectivity index (χ2n) is 2.80. The van der Waals surface area contributed by atoms with E-state index in [1.54, 1.807) is 16.8 Å². The van der Waals surface area contributed by atoms with Crippen LogP contribution in [0.2, 0.25) is 0 Å². The first-order chi connectivity index (χ1) is 6.68. The van der Waals surface area contributed by atoms with E-state index in [-0.39, 0.29) is 5.75 Å². The Bertz CT molecular complexity index is 451. The van der Waals surface area contributed by atoms with Crippen LogP contribution in [0.5, 0.6) is 5.75 Å². The van der Waals surface area contributed by atoms with Gasteiger partial charge in [0.2, 0.25) is 0 Å². The molecule has 14 heavy (non-hydrogen) atoms. The van der Waals surface area contributed by atoms with Crippen molar-refractivity contribution in [2.24, 2.45) is 0 Å². The van der Waals surface area contributed by atoms with E-state index in [9.17, 15) is 13.9 Å². The van der Waals surface area contributed by atoms with E-state index < -0.39 is 11.6 Å². The van der Waals surface area contributed by atoms with Gasteiger partial charge in [0.05, 0.1) is 0 Å². The molecule has 0 fully saturated rings. The van der Waals surface area contributed by atoms with E-state index in [1.807, 2.05) is 0 Å². The summed E-state index contributed by atoms with van der Waals surface area (Å²) in [6.07, 6.45) is 0. The number of hydrogen-bond donors (Lipinski definition) is 1. The third-order valence-electron chi connectivity index (χ3n) is 1.87. The predicted molar refractivity (Wildman–Crippen MR) is 51.3 cm³/mol. The lowest BCUT2D eigenvalue weighted by Gasteiger charge is -2.02. The molecule has 0 amide bonds. The van der Waals surface area contributed by atoms with Gasteiger partial charge in [0.25, 0.3) is 0 Å². The maximum atomic E-state index is 12.9. The summed E-state index contributed by atoms with van der Waals surface area (Å²) >= 11 is 1.43. The van der Waals surface area contributed by atoms with Crippen molar-refractivity contribution in [1.82, 2.24) is 0 Å². The van der Waals surface area contributed by atoms with Crippen LogP contribution in [0.3, 0.4) is 0 Å². The van der Waals surface area contributed by atoms with Crippen molar-refractivity contribution < 1.29 is 13.9 Å². The standard InChI is InChI=1S/C10H6F2OS/c11-8-3-7(6-1-2-14-5-6)10(13)4-9(8)12/h1-5,13H. The molecule has 0 aliphatic heterocycles. The molecule has 0 unspecified atom stereocenters. The highest BCUT2D eigenvalue weighted by atomic mass is 32.1. The van der Waals surface area contributed by atoms with Gasteiger partial charge >= 0.3 is 0 Å². The number of halogens is 2. The molecule has 0 aliphatic rings. The fourth-order valence-electron chi connectivity index (χ4n) is 1.19. The normalized spacial score (nSPS) is 10.4. The summed E-state index contributed by atoms with van der Waals surface area (Å²) in [5.74, 6) is -2.24. The van der Waals surface area contributed by atoms with Crippen LogP contribution in [-0.4, -0.2) is 5.11 Å². The minimum atomic E-state index is -1.04. The Hall–Kier alpha value is -1.42. The summed E-state index contributed by atoms with van der Waals surface area (Å²) in [4.78, 5) is 0. The van der Waals surface area contributed by atoms with Crippen molar-refractivity contribution in [3.8, 4) is 16.9 Å². The Morgan fingerprint density at radius 1 is 1.14 bits per heavy atom. The van der Waals surface area contributed by atoms with Crippen molar-refractivity contribution in [3.63, 3.8) is 0 Å². The van der Waals surface area contributed by atoms with Gasteiger partial charge < -0.3 is 5.11 Å². The molecule has 0 saturated carbocycles. The molecule has 4 heteroatoms. The molecule has 1 nitrogen and oxygen atoms in total. The maximum absolute atomic E-state index is 12.9. The van der Waals surface area contributed by atoms with Gasteiger partial charge in [-0.2, -0.15) is 11.3 Å². The minimum absolute atomic E-state index is 0.248. The van der Waals surface area contributed by atoms with Crippen LogP contribution in [0.25, 0.3) is 11.1 Å². The molecule has 1 N–H and O–H groups in total. The van der Waals surface area contributed by atoms with Gasteiger partial charge in [-0.05, 0) is 28.5 Å². The van der Waals surface area contributed by atoms with Crippen LogP contribution >= 0.6 is 11.3 Å². The Balaban J connectivity index is 2.60. The lowest BCUT2D eigenvalue weighted by Crippen LogP contribution is -1.85. The van der Waals surface area contributed by atoms with E-state index in [0.29, 0.717) is 11.1 Å². The summed E-state index contributed by atoms with van der Waals surface area (Å²) in [6, 6.07) is 3.51. The average Bonchev–Trinajstić information content (AvgIpc) is 2.64. The molecule has 72 valence electrons. The summed E-state index contributed by atoms with van der Waals surface area (Å²) in [5.41, 5.74) is 0.997. The number of phenolic OH excluding ortho intramolecular Hbond substituents is 1. The SMILES string of the molecule is Oc1cc(F)c(F)cc1-c1ccsc1. The van der Waals surface area contributed by atoms with E-state index >= 15 is 0 Å². The highest BCUT2D eigenvalue weighted by molar-refractivity contribution is 7.08. The van der Waals surface area contributed by atoms with E-state index in [0.717, 1.165) is 12.1 Å². The van der Waals surface area contributed by atoms with Gasteiger partial charge in [-0.15, -0.1) is 0 Å². The second-order valence-corrected chi connectivity index (χ2v) is 3.58. The quantitative estimate of drug-likeness (QED) is 0.768. The van der Waals surface area contributed by atoms with Gasteiger partial charge in [0.15, 0.2) is 11.6 Å². The fourth-order valence-corrected chi connectivity index (χ4v) is 1.84. The maximum Gasteiger partial charge on any atom is 0.162 e. The molecule has 1 aromatic heterocycles. The Labute approximate surface area is 83.3 Å². The van der Waals surface area contributed by atoms with Crippen molar-refractivity contribution in [2.45, 2.75) is 0 Å². The summed E-state index contributed by atoms with van der Waals surface area (Å²) < 4.78 is 25.5. The lowest BCUT2D eigenvalue weighted by atomic mass is 10.1. The lowest BCUT2D eigenvalue weighted by molar-refractivity contribution is 0.457. The van der Waals surface area contributed by atoms with Crippen LogP contribution in [0.1, 0.15) is 0 Å². The molecule has 0 bridgehead atoms. The minimum Gasteiger partial charge on any atom is -0.507 e. The van der Waals surface area contributed by atoms with E-state index in [2.05, 4.69) is 0 Å². The van der Waals surface area contributed by atoms with E-state index in [1.165, 1.54) is 11.3 Å². The topological polar surface area (TPSA) is 20.2 Å². The van der Waals surface area contributed by atoms with Crippen LogP contribution in [0.4, 0.5) is 8.78 Å². The number of hydrogen-bond acceptors (Lipinski definition) is 2. The summed E-state index contributed by atoms with van der Waals surface area (Å²) in [5, 5.41) is 12.9. The number of thiophene rings is 1. The molecule has 0 aliphatic carbocycles. The van der Waals surface area contributed by atoms with Gasteiger partial charge in [-0.25, -0.2) is 8.78 Å². The zero-order valence-electron chi connectivity index (χ0n) is 7.00. The molecule has 0 atom stereocenters. The molecule has 1 aromatic carbocycles. The highest BCUT2D eigenvalue weighted by Crippen LogP contribution is 2.32. The number of rotatable bonds is 1. The first-order valence-electron chi connectivity index (χ1n) is 3.89. The zero-order valence-corrected chi connectivity index (χ0v) is 7.81. The molecule has 0 spiro atoms. The first-order valence-corrected chi connectivity index (χ1v) is 4.83. The van der Waals surface area contributed by atoms with Crippen LogP contribution in [-0.2, 0) is 0 Å². The molecule has 0 radical (unpaired) electrons. The Morgan fingerprint density at radius 3 is 2.50 bits per heavy atom. The molecule has 1 heterocycles. The van der Waals surface area contributed by atoms with Gasteiger partial charge in [-0.1, -0.05) is 0 Å². The molecule has 2 rings (SSSR count). The average molecular weight is 212 g/mol. The predicted octanol–water partition coefficient (Wildman–Crippen LogP) is 3.40. The van der Waals surface area contributed by atoms with E-state index in [4.69, 9.17) is 0 Å².